The molecule has 3 aromatic heterocycles. The fourth-order valence-electron chi connectivity index (χ4n) is 2.88. The number of nitrogens with zero attached hydrogens (tertiary/aromatic N) is 1. The van der Waals surface area contributed by atoms with Crippen LogP contribution in [0.3, 0.4) is 0 Å². The summed E-state index contributed by atoms with van der Waals surface area (Å²) < 4.78 is 7.39. The number of fused-ring (bicyclic) bond motifs is 1. The van der Waals surface area contributed by atoms with Gasteiger partial charge in [-0.3, -0.25) is 0 Å². The summed E-state index contributed by atoms with van der Waals surface area (Å²) in [6, 6.07) is 15.4. The van der Waals surface area contributed by atoms with Gasteiger partial charge in [0.1, 0.15) is 15.6 Å². The van der Waals surface area contributed by atoms with Crippen molar-refractivity contribution in [2.45, 2.75) is 13.1 Å². The van der Waals surface area contributed by atoms with Crippen LogP contribution >= 0.6 is 11.3 Å². The number of rotatable bonds is 6. The highest BCUT2D eigenvalue weighted by Crippen LogP contribution is 2.29. The lowest BCUT2D eigenvalue weighted by Gasteiger charge is -2.01. The zero-order valence-corrected chi connectivity index (χ0v) is 14.1. The van der Waals surface area contributed by atoms with Gasteiger partial charge in [-0.2, -0.15) is 0 Å². The number of aromatic nitrogens is 1. The number of thiophene rings is 1. The number of carboxylic acids is 1. The van der Waals surface area contributed by atoms with Gasteiger partial charge in [0.2, 0.25) is 0 Å². The molecule has 2 N–H and O–H groups in total. The minimum atomic E-state index is -0.895. The van der Waals surface area contributed by atoms with E-state index in [-0.39, 0.29) is 0 Å². The van der Waals surface area contributed by atoms with E-state index in [2.05, 4.69) is 22.1 Å². The molecule has 25 heavy (non-hydrogen) atoms. The molecule has 3 heterocycles. The molecule has 0 aliphatic rings. The highest BCUT2D eigenvalue weighted by atomic mass is 32.1. The molecular weight excluding hydrogens is 336 g/mol. The largest absolute Gasteiger partial charge is 0.477 e. The second-order valence-electron chi connectivity index (χ2n) is 5.67. The van der Waals surface area contributed by atoms with Gasteiger partial charge in [0.15, 0.2) is 0 Å². The first-order valence-corrected chi connectivity index (χ1v) is 8.69. The van der Waals surface area contributed by atoms with Gasteiger partial charge in [-0.15, -0.1) is 11.3 Å². The predicted molar refractivity (Wildman–Crippen MR) is 97.4 cm³/mol. The molecule has 1 aromatic carbocycles. The van der Waals surface area contributed by atoms with E-state index in [0.29, 0.717) is 18.0 Å². The molecule has 0 aliphatic carbocycles. The maximum atomic E-state index is 11.2. The van der Waals surface area contributed by atoms with Crippen LogP contribution in [0.5, 0.6) is 0 Å². The van der Waals surface area contributed by atoms with Crippen LogP contribution in [0, 0.1) is 0 Å². The van der Waals surface area contributed by atoms with Gasteiger partial charge in [-0.05, 0) is 35.9 Å². The van der Waals surface area contributed by atoms with Gasteiger partial charge in [0.05, 0.1) is 18.3 Å². The second-order valence-corrected chi connectivity index (χ2v) is 6.73. The summed E-state index contributed by atoms with van der Waals surface area (Å²) in [6.45, 7) is 1.36. The van der Waals surface area contributed by atoms with Gasteiger partial charge in [0.25, 0.3) is 0 Å². The minimum Gasteiger partial charge on any atom is -0.477 e. The summed E-state index contributed by atoms with van der Waals surface area (Å²) in [5.74, 6) is 0.00106. The number of hydrogen-bond donors (Lipinski definition) is 2. The average Bonchev–Trinajstić information content (AvgIpc) is 3.35. The first-order valence-electron chi connectivity index (χ1n) is 7.88. The van der Waals surface area contributed by atoms with Crippen LogP contribution in [0.1, 0.15) is 21.0 Å². The Hall–Kier alpha value is -2.83. The molecule has 0 saturated heterocycles. The number of aromatic carboxylic acids is 1. The number of nitrogens with one attached hydrogen (secondary N) is 1. The molecular formula is C19H16N2O3S. The molecule has 0 amide bonds. The average molecular weight is 352 g/mol. The molecule has 5 nitrogen and oxygen atoms in total. The summed E-state index contributed by atoms with van der Waals surface area (Å²) in [6.07, 6.45) is 3.73. The van der Waals surface area contributed by atoms with E-state index >= 15 is 0 Å². The monoisotopic (exact) mass is 352 g/mol. The number of benzene rings is 1. The molecule has 0 unspecified atom stereocenters. The standard InChI is InChI=1S/C19H16N2O3S/c22-19(23)17-7-8-18(25-17)21-12-13(15-5-1-2-6-16(15)21)10-20-11-14-4-3-9-24-14/h1-9,12,20H,10-11H2,(H,22,23). The number of furan rings is 1. The van der Waals surface area contributed by atoms with Crippen molar-refractivity contribution >= 4 is 28.2 Å². The normalized spacial score (nSPS) is 11.2. The third-order valence-corrected chi connectivity index (χ3v) is 5.10. The summed E-state index contributed by atoms with van der Waals surface area (Å²) in [4.78, 5) is 11.5. The van der Waals surface area contributed by atoms with Crippen molar-refractivity contribution in [2.24, 2.45) is 0 Å². The highest BCUT2D eigenvalue weighted by molar-refractivity contribution is 7.16. The first kappa shape index (κ1) is 15.7. The van der Waals surface area contributed by atoms with E-state index in [9.17, 15) is 4.79 Å². The van der Waals surface area contributed by atoms with E-state index in [1.165, 1.54) is 11.3 Å². The zero-order valence-electron chi connectivity index (χ0n) is 13.3. The fourth-order valence-corrected chi connectivity index (χ4v) is 3.71. The first-order chi connectivity index (χ1) is 12.2. The molecule has 0 spiro atoms. The van der Waals surface area contributed by atoms with Crippen LogP contribution in [0.25, 0.3) is 15.9 Å². The maximum Gasteiger partial charge on any atom is 0.345 e. The molecule has 0 aliphatic heterocycles. The molecule has 0 fully saturated rings. The Morgan fingerprint density at radius 3 is 2.76 bits per heavy atom. The van der Waals surface area contributed by atoms with Crippen LogP contribution in [-0.2, 0) is 13.1 Å². The SMILES string of the molecule is O=C(O)c1ccc(-n2cc(CNCc3ccco3)c3ccccc32)s1. The lowest BCUT2D eigenvalue weighted by molar-refractivity contribution is 0.0702. The molecule has 0 bridgehead atoms. The number of carbonyl (C=O) groups is 1. The number of hydrogen-bond acceptors (Lipinski definition) is 4. The summed E-state index contributed by atoms with van der Waals surface area (Å²) in [5, 5.41) is 14.6. The quantitative estimate of drug-likeness (QED) is 0.544. The Balaban J connectivity index is 1.64. The van der Waals surface area contributed by atoms with E-state index in [1.807, 2.05) is 36.4 Å². The van der Waals surface area contributed by atoms with E-state index in [0.717, 1.165) is 27.2 Å². The van der Waals surface area contributed by atoms with Crippen molar-refractivity contribution in [3.05, 3.63) is 77.2 Å². The Bertz CT molecular complexity index is 1010. The third kappa shape index (κ3) is 3.09. The molecule has 0 radical (unpaired) electrons. The van der Waals surface area contributed by atoms with E-state index < -0.39 is 5.97 Å². The molecule has 126 valence electrons. The van der Waals surface area contributed by atoms with Gasteiger partial charge in [0, 0.05) is 18.1 Å². The minimum absolute atomic E-state index is 0.338. The van der Waals surface area contributed by atoms with Crippen molar-refractivity contribution < 1.29 is 14.3 Å². The van der Waals surface area contributed by atoms with Gasteiger partial charge < -0.3 is 19.4 Å². The zero-order chi connectivity index (χ0) is 17.2. The van der Waals surface area contributed by atoms with Crippen LogP contribution in [0.15, 0.2) is 65.4 Å². The summed E-state index contributed by atoms with van der Waals surface area (Å²) in [7, 11) is 0. The second kappa shape index (κ2) is 6.58. The van der Waals surface area contributed by atoms with Crippen molar-refractivity contribution in [3.63, 3.8) is 0 Å². The van der Waals surface area contributed by atoms with Crippen LogP contribution in [0.2, 0.25) is 0 Å². The maximum absolute atomic E-state index is 11.2. The predicted octanol–water partition coefficient (Wildman–Crippen LogP) is 4.27. The smallest absolute Gasteiger partial charge is 0.345 e. The van der Waals surface area contributed by atoms with Gasteiger partial charge in [-0.1, -0.05) is 18.2 Å². The van der Waals surface area contributed by atoms with E-state index in [1.54, 1.807) is 12.3 Å². The topological polar surface area (TPSA) is 67.4 Å². The molecule has 6 heteroatoms. The Morgan fingerprint density at radius 2 is 2.00 bits per heavy atom. The van der Waals surface area contributed by atoms with Crippen molar-refractivity contribution in [3.8, 4) is 5.00 Å². The lowest BCUT2D eigenvalue weighted by atomic mass is 10.2. The van der Waals surface area contributed by atoms with Crippen molar-refractivity contribution in [2.75, 3.05) is 0 Å². The van der Waals surface area contributed by atoms with E-state index in [4.69, 9.17) is 9.52 Å². The Morgan fingerprint density at radius 1 is 1.12 bits per heavy atom. The van der Waals surface area contributed by atoms with Crippen LogP contribution in [0.4, 0.5) is 0 Å². The fraction of sp³-hybridized carbons (Fsp3) is 0.105. The summed E-state index contributed by atoms with van der Waals surface area (Å²) in [5.41, 5.74) is 2.23. The summed E-state index contributed by atoms with van der Waals surface area (Å²) >= 11 is 1.27. The van der Waals surface area contributed by atoms with Crippen molar-refractivity contribution in [1.29, 1.82) is 0 Å². The Labute approximate surface area is 148 Å². The van der Waals surface area contributed by atoms with Crippen LogP contribution in [-0.4, -0.2) is 15.6 Å². The molecule has 4 aromatic rings. The number of carboxylic acid groups (broad SMARTS) is 1. The third-order valence-electron chi connectivity index (χ3n) is 4.03. The van der Waals surface area contributed by atoms with Gasteiger partial charge in [-0.25, -0.2) is 4.79 Å². The highest BCUT2D eigenvalue weighted by Gasteiger charge is 2.13. The molecule has 0 atom stereocenters. The Kier molecular flexibility index (Phi) is 4.13. The molecule has 4 rings (SSSR count). The lowest BCUT2D eigenvalue weighted by Crippen LogP contribution is -2.11. The molecule has 0 saturated carbocycles. The van der Waals surface area contributed by atoms with Crippen LogP contribution < -0.4 is 5.32 Å². The van der Waals surface area contributed by atoms with Crippen molar-refractivity contribution in [1.82, 2.24) is 9.88 Å². The van der Waals surface area contributed by atoms with Gasteiger partial charge >= 0.3 is 5.97 Å². The number of para-hydroxylation sites is 1.